The number of carbonyl (C=O) groups excluding carboxylic acids is 1. The third-order valence-electron chi connectivity index (χ3n) is 4.42. The lowest BCUT2D eigenvalue weighted by atomic mass is 10.1. The highest BCUT2D eigenvalue weighted by atomic mass is 32.1. The first-order chi connectivity index (χ1) is 11.1. The summed E-state index contributed by atoms with van der Waals surface area (Å²) < 4.78 is 5.82. The number of thiazole rings is 1. The number of rotatable bonds is 3. The molecular weight excluding hydrogens is 308 g/mol. The molecule has 3 aromatic rings. The maximum absolute atomic E-state index is 12.9. The Kier molecular flexibility index (Phi) is 3.45. The van der Waals surface area contributed by atoms with Gasteiger partial charge in [0.25, 0.3) is 0 Å². The molecule has 0 saturated carbocycles. The fraction of sp³-hybridized carbons (Fsp3) is 0.333. The Labute approximate surface area is 138 Å². The highest BCUT2D eigenvalue weighted by molar-refractivity contribution is 7.17. The Bertz CT molecular complexity index is 888. The van der Waals surface area contributed by atoms with Gasteiger partial charge in [-0.1, -0.05) is 29.5 Å². The van der Waals surface area contributed by atoms with Gasteiger partial charge in [-0.25, -0.2) is 4.98 Å². The molecule has 2 aromatic heterocycles. The highest BCUT2D eigenvalue weighted by Crippen LogP contribution is 2.33. The first-order valence-corrected chi connectivity index (χ1v) is 8.72. The summed E-state index contributed by atoms with van der Waals surface area (Å²) >= 11 is 1.48. The largest absolute Gasteiger partial charge is 0.452 e. The molecule has 118 valence electrons. The Morgan fingerprint density at radius 3 is 2.70 bits per heavy atom. The van der Waals surface area contributed by atoms with Crippen LogP contribution in [0, 0.1) is 13.8 Å². The number of para-hydroxylation sites is 1. The van der Waals surface area contributed by atoms with Crippen LogP contribution in [0.4, 0.5) is 5.13 Å². The van der Waals surface area contributed by atoms with Gasteiger partial charge in [-0.2, -0.15) is 0 Å². The third-order valence-corrected chi connectivity index (χ3v) is 5.64. The number of nitrogens with zero attached hydrogens (tertiary/aromatic N) is 2. The Balaban J connectivity index is 1.74. The van der Waals surface area contributed by atoms with Crippen LogP contribution in [0.25, 0.3) is 11.0 Å². The quantitative estimate of drug-likeness (QED) is 0.672. The first kappa shape index (κ1) is 14.5. The lowest BCUT2D eigenvalue weighted by Crippen LogP contribution is -2.17. The van der Waals surface area contributed by atoms with E-state index >= 15 is 0 Å². The van der Waals surface area contributed by atoms with E-state index in [2.05, 4.69) is 9.88 Å². The number of anilines is 1. The molecule has 0 bridgehead atoms. The molecule has 0 spiro atoms. The summed E-state index contributed by atoms with van der Waals surface area (Å²) in [6, 6.07) is 7.76. The molecule has 4 rings (SSSR count). The minimum atomic E-state index is -0.0563. The van der Waals surface area contributed by atoms with Gasteiger partial charge in [-0.15, -0.1) is 0 Å². The fourth-order valence-electron chi connectivity index (χ4n) is 3.13. The van der Waals surface area contributed by atoms with Crippen LogP contribution < -0.4 is 4.90 Å². The van der Waals surface area contributed by atoms with Gasteiger partial charge in [0.2, 0.25) is 5.78 Å². The summed E-state index contributed by atoms with van der Waals surface area (Å²) in [4.78, 5) is 20.5. The second-order valence-electron chi connectivity index (χ2n) is 5.99. The van der Waals surface area contributed by atoms with Crippen LogP contribution in [-0.4, -0.2) is 23.9 Å². The number of hydrogen-bond donors (Lipinski definition) is 0. The van der Waals surface area contributed by atoms with Gasteiger partial charge in [0.05, 0.1) is 5.69 Å². The monoisotopic (exact) mass is 326 g/mol. The molecule has 0 unspecified atom stereocenters. The molecular formula is C18H18N2O2S. The average Bonchev–Trinajstić information content (AvgIpc) is 3.26. The summed E-state index contributed by atoms with van der Waals surface area (Å²) in [6.07, 6.45) is 2.40. The summed E-state index contributed by atoms with van der Waals surface area (Å²) in [6.45, 7) is 5.91. The van der Waals surface area contributed by atoms with Crippen molar-refractivity contribution in [3.05, 3.63) is 46.2 Å². The van der Waals surface area contributed by atoms with Crippen LogP contribution in [0.15, 0.2) is 28.7 Å². The van der Waals surface area contributed by atoms with E-state index in [-0.39, 0.29) is 5.78 Å². The van der Waals surface area contributed by atoms with E-state index in [1.165, 1.54) is 24.2 Å². The van der Waals surface area contributed by atoms with Crippen molar-refractivity contribution in [2.75, 3.05) is 18.0 Å². The second kappa shape index (κ2) is 5.49. The summed E-state index contributed by atoms with van der Waals surface area (Å²) in [5.41, 5.74) is 2.46. The number of benzene rings is 1. The van der Waals surface area contributed by atoms with Crippen molar-refractivity contribution >= 4 is 33.2 Å². The predicted octanol–water partition coefficient (Wildman–Crippen LogP) is 4.34. The standard InChI is InChI=1S/C18H18N2O2S/c1-11-13-7-3-4-8-14(13)22-16(11)15(21)17-12(2)19-18(23-17)20-9-5-6-10-20/h3-4,7-8H,5-6,9-10H2,1-2H3. The van der Waals surface area contributed by atoms with Crippen LogP contribution in [0.2, 0.25) is 0 Å². The highest BCUT2D eigenvalue weighted by Gasteiger charge is 2.25. The van der Waals surface area contributed by atoms with Gasteiger partial charge in [0.15, 0.2) is 10.9 Å². The van der Waals surface area contributed by atoms with Crippen LogP contribution in [0.3, 0.4) is 0 Å². The zero-order valence-electron chi connectivity index (χ0n) is 13.3. The van der Waals surface area contributed by atoms with E-state index in [0.29, 0.717) is 10.6 Å². The number of aryl methyl sites for hydroxylation is 2. The second-order valence-corrected chi connectivity index (χ2v) is 6.96. The van der Waals surface area contributed by atoms with Gasteiger partial charge in [0.1, 0.15) is 10.5 Å². The average molecular weight is 326 g/mol. The van der Waals surface area contributed by atoms with Gasteiger partial charge in [0, 0.05) is 24.0 Å². The molecule has 23 heavy (non-hydrogen) atoms. The minimum Gasteiger partial charge on any atom is -0.452 e. The van der Waals surface area contributed by atoms with Crippen molar-refractivity contribution in [3.8, 4) is 0 Å². The number of aromatic nitrogens is 1. The van der Waals surface area contributed by atoms with E-state index < -0.39 is 0 Å². The molecule has 1 fully saturated rings. The fourth-order valence-corrected chi connectivity index (χ4v) is 4.19. The molecule has 0 atom stereocenters. The number of carbonyl (C=O) groups is 1. The zero-order chi connectivity index (χ0) is 16.0. The maximum Gasteiger partial charge on any atom is 0.240 e. The number of furan rings is 1. The van der Waals surface area contributed by atoms with Crippen LogP contribution >= 0.6 is 11.3 Å². The topological polar surface area (TPSA) is 46.3 Å². The van der Waals surface area contributed by atoms with Crippen molar-refractivity contribution < 1.29 is 9.21 Å². The van der Waals surface area contributed by atoms with Gasteiger partial charge < -0.3 is 9.32 Å². The third kappa shape index (κ3) is 2.36. The predicted molar refractivity (Wildman–Crippen MR) is 92.7 cm³/mol. The molecule has 0 aliphatic carbocycles. The van der Waals surface area contributed by atoms with E-state index in [4.69, 9.17) is 4.42 Å². The molecule has 1 aliphatic rings. The summed E-state index contributed by atoms with van der Waals surface area (Å²) in [7, 11) is 0. The van der Waals surface area contributed by atoms with Gasteiger partial charge >= 0.3 is 0 Å². The van der Waals surface area contributed by atoms with Crippen molar-refractivity contribution in [2.24, 2.45) is 0 Å². The molecule has 3 heterocycles. The van der Waals surface area contributed by atoms with E-state index in [9.17, 15) is 4.79 Å². The molecule has 1 saturated heterocycles. The van der Waals surface area contributed by atoms with Crippen LogP contribution in [0.5, 0.6) is 0 Å². The van der Waals surface area contributed by atoms with Crippen molar-refractivity contribution in [1.29, 1.82) is 0 Å². The first-order valence-electron chi connectivity index (χ1n) is 7.90. The van der Waals surface area contributed by atoms with E-state index in [1.54, 1.807) is 0 Å². The number of ketones is 1. The maximum atomic E-state index is 12.9. The Hall–Kier alpha value is -2.14. The molecule has 0 N–H and O–H groups in total. The lowest BCUT2D eigenvalue weighted by molar-refractivity contribution is 0.101. The van der Waals surface area contributed by atoms with Crippen molar-refractivity contribution in [3.63, 3.8) is 0 Å². The van der Waals surface area contributed by atoms with E-state index in [1.807, 2.05) is 38.1 Å². The molecule has 0 radical (unpaired) electrons. The van der Waals surface area contributed by atoms with Crippen molar-refractivity contribution in [1.82, 2.24) is 4.98 Å². The SMILES string of the molecule is Cc1nc(N2CCCC2)sc1C(=O)c1oc2ccccc2c1C. The Morgan fingerprint density at radius 1 is 1.22 bits per heavy atom. The summed E-state index contributed by atoms with van der Waals surface area (Å²) in [5, 5.41) is 1.95. The molecule has 1 aromatic carbocycles. The van der Waals surface area contributed by atoms with Crippen LogP contribution in [0.1, 0.15) is 39.5 Å². The number of fused-ring (bicyclic) bond motifs is 1. The van der Waals surface area contributed by atoms with Crippen LogP contribution in [-0.2, 0) is 0 Å². The van der Waals surface area contributed by atoms with Crippen molar-refractivity contribution in [2.45, 2.75) is 26.7 Å². The zero-order valence-corrected chi connectivity index (χ0v) is 14.1. The Morgan fingerprint density at radius 2 is 1.96 bits per heavy atom. The lowest BCUT2D eigenvalue weighted by Gasteiger charge is -2.11. The number of hydrogen-bond acceptors (Lipinski definition) is 5. The van der Waals surface area contributed by atoms with E-state index in [0.717, 1.165) is 40.4 Å². The summed E-state index contributed by atoms with van der Waals surface area (Å²) in [5.74, 6) is 0.380. The molecule has 5 heteroatoms. The molecule has 0 amide bonds. The normalized spacial score (nSPS) is 14.8. The molecule has 4 nitrogen and oxygen atoms in total. The van der Waals surface area contributed by atoms with Gasteiger partial charge in [-0.05, 0) is 32.8 Å². The van der Waals surface area contributed by atoms with Gasteiger partial charge in [-0.3, -0.25) is 4.79 Å². The smallest absolute Gasteiger partial charge is 0.240 e. The minimum absolute atomic E-state index is 0.0563. The molecule has 1 aliphatic heterocycles.